The predicted molar refractivity (Wildman–Crippen MR) is 81.2 cm³/mol. The Bertz CT molecular complexity index is 263. The molecule has 112 valence electrons. The predicted octanol–water partition coefficient (Wildman–Crippen LogP) is 3.87. The summed E-state index contributed by atoms with van der Waals surface area (Å²) in [6, 6.07) is 1.40. The second-order valence-corrected chi connectivity index (χ2v) is 7.94. The van der Waals surface area contributed by atoms with E-state index in [0.29, 0.717) is 11.5 Å². The van der Waals surface area contributed by atoms with Gasteiger partial charge in [0, 0.05) is 12.1 Å². The highest BCUT2D eigenvalue weighted by atomic mass is 16.3. The summed E-state index contributed by atoms with van der Waals surface area (Å²) in [5.41, 5.74) is 0.476. The summed E-state index contributed by atoms with van der Waals surface area (Å²) in [6.45, 7) is 7.19. The van der Waals surface area contributed by atoms with Crippen molar-refractivity contribution in [3.63, 3.8) is 0 Å². The lowest BCUT2D eigenvalue weighted by atomic mass is 9.76. The lowest BCUT2D eigenvalue weighted by Crippen LogP contribution is -2.41. The van der Waals surface area contributed by atoms with E-state index in [1.165, 1.54) is 44.9 Å². The first kappa shape index (κ1) is 15.3. The first-order chi connectivity index (χ1) is 8.95. The van der Waals surface area contributed by atoms with Crippen LogP contribution in [0.2, 0.25) is 0 Å². The largest absolute Gasteiger partial charge is 0.393 e. The molecule has 2 rings (SSSR count). The number of nitrogens with one attached hydrogen (secondary N) is 1. The summed E-state index contributed by atoms with van der Waals surface area (Å²) in [5.74, 6) is 0.896. The molecule has 0 aromatic carbocycles. The maximum Gasteiger partial charge on any atom is 0.0541 e. The summed E-state index contributed by atoms with van der Waals surface area (Å²) < 4.78 is 0. The summed E-state index contributed by atoms with van der Waals surface area (Å²) in [7, 11) is 0. The minimum atomic E-state index is -0.0301. The Kier molecular flexibility index (Phi) is 5.30. The second kappa shape index (κ2) is 6.58. The van der Waals surface area contributed by atoms with Crippen molar-refractivity contribution in [3.05, 3.63) is 0 Å². The Hall–Kier alpha value is -0.0800. The highest BCUT2D eigenvalue weighted by Gasteiger charge is 2.29. The maximum absolute atomic E-state index is 9.57. The van der Waals surface area contributed by atoms with Crippen molar-refractivity contribution in [1.82, 2.24) is 5.32 Å². The molecule has 2 nitrogen and oxygen atoms in total. The van der Waals surface area contributed by atoms with E-state index in [1.54, 1.807) is 0 Å². The Morgan fingerprint density at radius 2 is 1.37 bits per heavy atom. The third-order valence-electron chi connectivity index (χ3n) is 5.36. The van der Waals surface area contributed by atoms with E-state index in [0.717, 1.165) is 24.8 Å². The molecule has 2 N–H and O–H groups in total. The van der Waals surface area contributed by atoms with E-state index in [1.807, 2.05) is 0 Å². The van der Waals surface area contributed by atoms with Crippen molar-refractivity contribution in [2.75, 3.05) is 0 Å². The molecule has 0 radical (unpaired) electrons. The molecule has 2 aliphatic rings. The van der Waals surface area contributed by atoms with Crippen molar-refractivity contribution < 1.29 is 5.11 Å². The Morgan fingerprint density at radius 1 is 0.789 bits per heavy atom. The zero-order valence-electron chi connectivity index (χ0n) is 13.1. The molecule has 0 aromatic heterocycles. The van der Waals surface area contributed by atoms with Gasteiger partial charge in [-0.2, -0.15) is 0 Å². The molecule has 0 saturated heterocycles. The van der Waals surface area contributed by atoms with Crippen LogP contribution in [0.4, 0.5) is 0 Å². The van der Waals surface area contributed by atoms with Gasteiger partial charge in [-0.25, -0.2) is 0 Å². The van der Waals surface area contributed by atoms with Crippen molar-refractivity contribution in [3.8, 4) is 0 Å². The van der Waals surface area contributed by atoms with Crippen molar-refractivity contribution in [2.45, 2.75) is 96.7 Å². The molecule has 2 atom stereocenters. The van der Waals surface area contributed by atoms with Gasteiger partial charge in [0.05, 0.1) is 6.10 Å². The standard InChI is InChI=1S/C17H33NO/c1-17(2,3)13-5-4-6-14(8-7-13)18-15-9-11-16(19)12-10-15/h13-16,18-19H,4-12H2,1-3H3. The molecule has 0 spiro atoms. The Balaban J connectivity index is 1.76. The third-order valence-corrected chi connectivity index (χ3v) is 5.36. The van der Waals surface area contributed by atoms with Gasteiger partial charge >= 0.3 is 0 Å². The molecular formula is C17H33NO. The smallest absolute Gasteiger partial charge is 0.0541 e. The van der Waals surface area contributed by atoms with Crippen molar-refractivity contribution in [2.24, 2.45) is 11.3 Å². The average Bonchev–Trinajstić information content (AvgIpc) is 2.57. The SMILES string of the molecule is CC(C)(C)C1CCCC(NC2CCC(O)CC2)CC1. The highest BCUT2D eigenvalue weighted by Crippen LogP contribution is 2.37. The minimum Gasteiger partial charge on any atom is -0.393 e. The first-order valence-electron chi connectivity index (χ1n) is 8.39. The molecule has 2 saturated carbocycles. The van der Waals surface area contributed by atoms with Crippen LogP contribution in [-0.2, 0) is 0 Å². The topological polar surface area (TPSA) is 32.3 Å². The number of aliphatic hydroxyl groups is 1. The van der Waals surface area contributed by atoms with Crippen LogP contribution in [0, 0.1) is 11.3 Å². The van der Waals surface area contributed by atoms with E-state index < -0.39 is 0 Å². The molecule has 2 heteroatoms. The lowest BCUT2D eigenvalue weighted by Gasteiger charge is -2.31. The first-order valence-corrected chi connectivity index (χ1v) is 8.39. The Labute approximate surface area is 119 Å². The fourth-order valence-corrected chi connectivity index (χ4v) is 3.91. The van der Waals surface area contributed by atoms with Crippen LogP contribution in [-0.4, -0.2) is 23.3 Å². The van der Waals surface area contributed by atoms with Crippen LogP contribution in [0.25, 0.3) is 0 Å². The average molecular weight is 267 g/mol. The maximum atomic E-state index is 9.57. The number of aliphatic hydroxyl groups excluding tert-OH is 1. The van der Waals surface area contributed by atoms with Gasteiger partial charge in [-0.15, -0.1) is 0 Å². The van der Waals surface area contributed by atoms with Gasteiger partial charge in [0.1, 0.15) is 0 Å². The molecule has 19 heavy (non-hydrogen) atoms. The zero-order chi connectivity index (χ0) is 13.9. The summed E-state index contributed by atoms with van der Waals surface area (Å²) in [4.78, 5) is 0. The van der Waals surface area contributed by atoms with Gasteiger partial charge in [0.15, 0.2) is 0 Å². The molecule has 0 amide bonds. The summed E-state index contributed by atoms with van der Waals surface area (Å²) in [6.07, 6.45) is 11.2. The molecule has 0 bridgehead atoms. The van der Waals surface area contributed by atoms with Crippen LogP contribution in [0.3, 0.4) is 0 Å². The van der Waals surface area contributed by atoms with Gasteiger partial charge in [-0.3, -0.25) is 0 Å². The molecule has 2 fully saturated rings. The third kappa shape index (κ3) is 4.75. The second-order valence-electron chi connectivity index (χ2n) is 7.94. The van der Waals surface area contributed by atoms with Crippen molar-refractivity contribution in [1.29, 1.82) is 0 Å². The van der Waals surface area contributed by atoms with Gasteiger partial charge < -0.3 is 10.4 Å². The van der Waals surface area contributed by atoms with Gasteiger partial charge in [0.2, 0.25) is 0 Å². The quantitative estimate of drug-likeness (QED) is 0.744. The fraction of sp³-hybridized carbons (Fsp3) is 1.00. The molecule has 2 aliphatic carbocycles. The number of hydrogen-bond acceptors (Lipinski definition) is 2. The molecule has 0 heterocycles. The van der Waals surface area contributed by atoms with E-state index in [-0.39, 0.29) is 6.10 Å². The zero-order valence-corrected chi connectivity index (χ0v) is 13.1. The fourth-order valence-electron chi connectivity index (χ4n) is 3.91. The van der Waals surface area contributed by atoms with E-state index in [9.17, 15) is 5.11 Å². The van der Waals surface area contributed by atoms with Gasteiger partial charge in [0.25, 0.3) is 0 Å². The minimum absolute atomic E-state index is 0.0301. The molecule has 0 aliphatic heterocycles. The number of hydrogen-bond donors (Lipinski definition) is 2. The van der Waals surface area contributed by atoms with E-state index in [4.69, 9.17) is 0 Å². The lowest BCUT2D eigenvalue weighted by molar-refractivity contribution is 0.113. The van der Waals surface area contributed by atoms with Crippen LogP contribution < -0.4 is 5.32 Å². The van der Waals surface area contributed by atoms with Crippen LogP contribution in [0.1, 0.15) is 78.6 Å². The summed E-state index contributed by atoms with van der Waals surface area (Å²) in [5, 5.41) is 13.5. The van der Waals surface area contributed by atoms with Crippen LogP contribution >= 0.6 is 0 Å². The van der Waals surface area contributed by atoms with Gasteiger partial charge in [-0.05, 0) is 62.7 Å². The van der Waals surface area contributed by atoms with E-state index >= 15 is 0 Å². The molecule has 2 unspecified atom stereocenters. The normalized spacial score (nSPS) is 37.9. The van der Waals surface area contributed by atoms with Gasteiger partial charge in [-0.1, -0.05) is 27.2 Å². The highest BCUT2D eigenvalue weighted by molar-refractivity contribution is 4.84. The van der Waals surface area contributed by atoms with E-state index in [2.05, 4.69) is 26.1 Å². The molecular weight excluding hydrogens is 234 g/mol. The van der Waals surface area contributed by atoms with Crippen LogP contribution in [0.15, 0.2) is 0 Å². The molecule has 0 aromatic rings. The number of rotatable bonds is 2. The van der Waals surface area contributed by atoms with Crippen LogP contribution in [0.5, 0.6) is 0 Å². The monoisotopic (exact) mass is 267 g/mol. The van der Waals surface area contributed by atoms with Crippen molar-refractivity contribution >= 4 is 0 Å². The summed E-state index contributed by atoms with van der Waals surface area (Å²) >= 11 is 0. The Morgan fingerprint density at radius 3 is 2.00 bits per heavy atom.